The van der Waals surface area contributed by atoms with Crippen molar-refractivity contribution in [3.63, 3.8) is 0 Å². The molecule has 23 heavy (non-hydrogen) atoms. The van der Waals surface area contributed by atoms with E-state index in [4.69, 9.17) is 9.41 Å². The number of likely N-dealkylation sites (N-methyl/N-ethyl adjacent to an activating group) is 1. The number of hydrogen-bond acceptors (Lipinski definition) is 6. The Morgan fingerprint density at radius 1 is 1.26 bits per heavy atom. The fourth-order valence-corrected chi connectivity index (χ4v) is 4.48. The van der Waals surface area contributed by atoms with Gasteiger partial charge in [-0.3, -0.25) is 10.3 Å². The first-order chi connectivity index (χ1) is 11.2. The van der Waals surface area contributed by atoms with Gasteiger partial charge in [0.1, 0.15) is 5.52 Å². The summed E-state index contributed by atoms with van der Waals surface area (Å²) in [6.07, 6.45) is 2.58. The van der Waals surface area contributed by atoms with Crippen molar-refractivity contribution in [3.8, 4) is 0 Å². The third-order valence-corrected chi connectivity index (χ3v) is 5.85. The Bertz CT molecular complexity index is 743. The molecular weight excluding hydrogens is 290 g/mol. The van der Waals surface area contributed by atoms with Crippen molar-refractivity contribution in [2.45, 2.75) is 18.4 Å². The monoisotopic (exact) mass is 311 g/mol. The Kier molecular flexibility index (Phi) is 2.74. The van der Waals surface area contributed by atoms with E-state index in [1.165, 1.54) is 25.9 Å². The van der Waals surface area contributed by atoms with Crippen LogP contribution in [-0.2, 0) is 0 Å². The molecule has 1 unspecified atom stereocenters. The highest BCUT2D eigenvalue weighted by atomic mass is 16.4. The summed E-state index contributed by atoms with van der Waals surface area (Å²) >= 11 is 0. The van der Waals surface area contributed by atoms with Crippen LogP contribution in [0.2, 0.25) is 0 Å². The summed E-state index contributed by atoms with van der Waals surface area (Å²) in [6, 6.07) is 8.34. The van der Waals surface area contributed by atoms with Crippen LogP contribution in [0.5, 0.6) is 0 Å². The van der Waals surface area contributed by atoms with Gasteiger partial charge in [0, 0.05) is 13.6 Å². The lowest BCUT2D eigenvalue weighted by Gasteiger charge is -2.54. The molecule has 2 bridgehead atoms. The van der Waals surface area contributed by atoms with E-state index in [0.29, 0.717) is 6.01 Å². The van der Waals surface area contributed by atoms with Crippen LogP contribution in [0.4, 0.5) is 6.01 Å². The Balaban J connectivity index is 1.40. The minimum absolute atomic E-state index is 0.158. The highest BCUT2D eigenvalue weighted by Crippen LogP contribution is 2.41. The fraction of sp³-hybridized carbons (Fsp3) is 0.529. The number of benzene rings is 1. The number of aromatic nitrogens is 1. The predicted octanol–water partition coefficient (Wildman–Crippen LogP) is 2.01. The SMILES string of the molecule is CN1C(Nc2nc3ccccc3o2)=NCC12CN1CCC2CC1. The molecule has 0 radical (unpaired) electrons. The summed E-state index contributed by atoms with van der Waals surface area (Å²) in [5.41, 5.74) is 1.83. The van der Waals surface area contributed by atoms with Crippen molar-refractivity contribution in [1.82, 2.24) is 14.8 Å². The topological polar surface area (TPSA) is 56.9 Å². The van der Waals surface area contributed by atoms with Gasteiger partial charge in [0.2, 0.25) is 5.96 Å². The zero-order valence-electron chi connectivity index (χ0n) is 13.3. The quantitative estimate of drug-likeness (QED) is 0.873. The third kappa shape index (κ3) is 1.91. The number of piperidine rings is 3. The maximum Gasteiger partial charge on any atom is 0.302 e. The maximum absolute atomic E-state index is 5.78. The molecule has 120 valence electrons. The van der Waals surface area contributed by atoms with Gasteiger partial charge in [-0.25, -0.2) is 0 Å². The van der Waals surface area contributed by atoms with Gasteiger partial charge in [-0.15, -0.1) is 0 Å². The molecule has 1 aromatic heterocycles. The van der Waals surface area contributed by atoms with Crippen molar-refractivity contribution in [2.24, 2.45) is 10.9 Å². The van der Waals surface area contributed by atoms with E-state index in [1.54, 1.807) is 0 Å². The van der Waals surface area contributed by atoms with Crippen LogP contribution in [0.15, 0.2) is 33.7 Å². The van der Waals surface area contributed by atoms with Crippen LogP contribution in [0.25, 0.3) is 11.1 Å². The van der Waals surface area contributed by atoms with Gasteiger partial charge in [-0.1, -0.05) is 12.1 Å². The Morgan fingerprint density at radius 2 is 2.09 bits per heavy atom. The van der Waals surface area contributed by atoms with Crippen LogP contribution >= 0.6 is 0 Å². The lowest BCUT2D eigenvalue weighted by Crippen LogP contribution is -2.66. The molecule has 5 heterocycles. The van der Waals surface area contributed by atoms with Gasteiger partial charge in [0.25, 0.3) is 0 Å². The number of rotatable bonds is 1. The maximum atomic E-state index is 5.78. The second-order valence-electron chi connectivity index (χ2n) is 6.96. The fourth-order valence-electron chi connectivity index (χ4n) is 4.48. The molecule has 1 aromatic carbocycles. The summed E-state index contributed by atoms with van der Waals surface area (Å²) in [6.45, 7) is 4.48. The summed E-state index contributed by atoms with van der Waals surface area (Å²) in [5, 5.41) is 3.29. The smallest absolute Gasteiger partial charge is 0.302 e. The minimum atomic E-state index is 0.158. The van der Waals surface area contributed by atoms with E-state index in [0.717, 1.165) is 36.1 Å². The Morgan fingerprint density at radius 3 is 2.83 bits per heavy atom. The molecule has 3 saturated heterocycles. The molecule has 4 aliphatic rings. The standard InChI is InChI=1S/C17H21N5O/c1-21-15(20-16-19-13-4-2-3-5-14(13)23-16)18-10-17(21)11-22-8-6-12(17)7-9-22/h2-5,12H,6-11H2,1H3,(H,18,19,20). The van der Waals surface area contributed by atoms with E-state index in [2.05, 4.69) is 27.1 Å². The number of nitrogens with one attached hydrogen (secondary N) is 1. The van der Waals surface area contributed by atoms with Gasteiger partial charge in [0.15, 0.2) is 5.58 Å². The molecule has 2 aromatic rings. The van der Waals surface area contributed by atoms with Crippen molar-refractivity contribution in [3.05, 3.63) is 24.3 Å². The van der Waals surface area contributed by atoms with Crippen LogP contribution in [0.1, 0.15) is 12.8 Å². The van der Waals surface area contributed by atoms with E-state index in [9.17, 15) is 0 Å². The molecule has 1 atom stereocenters. The van der Waals surface area contributed by atoms with E-state index < -0.39 is 0 Å². The van der Waals surface area contributed by atoms with Gasteiger partial charge in [-0.2, -0.15) is 4.98 Å². The lowest BCUT2D eigenvalue weighted by molar-refractivity contribution is -0.0199. The van der Waals surface area contributed by atoms with Gasteiger partial charge in [0.05, 0.1) is 12.1 Å². The molecule has 1 spiro atoms. The normalized spacial score (nSPS) is 32.7. The molecule has 0 aliphatic carbocycles. The largest absolute Gasteiger partial charge is 0.423 e. The Hall–Kier alpha value is -2.08. The highest BCUT2D eigenvalue weighted by Gasteiger charge is 2.52. The first-order valence-electron chi connectivity index (χ1n) is 8.38. The third-order valence-electron chi connectivity index (χ3n) is 5.85. The zero-order valence-corrected chi connectivity index (χ0v) is 13.3. The number of anilines is 1. The van der Waals surface area contributed by atoms with Crippen LogP contribution in [0, 0.1) is 5.92 Å². The summed E-state index contributed by atoms with van der Waals surface area (Å²) in [7, 11) is 2.16. The summed E-state index contributed by atoms with van der Waals surface area (Å²) < 4.78 is 5.78. The lowest BCUT2D eigenvalue weighted by atomic mass is 9.72. The number of guanidine groups is 1. The second-order valence-corrected chi connectivity index (χ2v) is 6.96. The zero-order chi connectivity index (χ0) is 15.4. The average molecular weight is 311 g/mol. The highest BCUT2D eigenvalue weighted by molar-refractivity contribution is 5.94. The number of hydrogen-bond donors (Lipinski definition) is 1. The van der Waals surface area contributed by atoms with Gasteiger partial charge < -0.3 is 14.2 Å². The molecule has 4 aliphatic heterocycles. The van der Waals surface area contributed by atoms with Crippen molar-refractivity contribution in [2.75, 3.05) is 38.5 Å². The molecule has 6 rings (SSSR count). The number of aliphatic imine (C=N–C) groups is 1. The second kappa shape index (κ2) is 4.71. The molecule has 0 amide bonds. The molecule has 0 saturated carbocycles. The first-order valence-corrected chi connectivity index (χ1v) is 8.38. The predicted molar refractivity (Wildman–Crippen MR) is 89.6 cm³/mol. The summed E-state index contributed by atoms with van der Waals surface area (Å²) in [4.78, 5) is 14.2. The molecule has 6 nitrogen and oxygen atoms in total. The van der Waals surface area contributed by atoms with E-state index in [1.807, 2.05) is 24.3 Å². The van der Waals surface area contributed by atoms with Crippen LogP contribution < -0.4 is 5.32 Å². The Labute approximate surface area is 135 Å². The number of para-hydroxylation sites is 2. The van der Waals surface area contributed by atoms with Gasteiger partial charge in [-0.05, 0) is 44.0 Å². The molecular formula is C17H21N5O. The van der Waals surface area contributed by atoms with E-state index >= 15 is 0 Å². The molecule has 6 heteroatoms. The van der Waals surface area contributed by atoms with E-state index in [-0.39, 0.29) is 5.54 Å². The van der Waals surface area contributed by atoms with Crippen molar-refractivity contribution < 1.29 is 4.42 Å². The minimum Gasteiger partial charge on any atom is -0.423 e. The molecule has 1 N–H and O–H groups in total. The van der Waals surface area contributed by atoms with Crippen molar-refractivity contribution in [1.29, 1.82) is 0 Å². The number of fused-ring (bicyclic) bond motifs is 3. The summed E-state index contributed by atoms with van der Waals surface area (Å²) in [5.74, 6) is 1.62. The van der Waals surface area contributed by atoms with Gasteiger partial charge >= 0.3 is 6.01 Å². The average Bonchev–Trinajstić information content (AvgIpc) is 3.13. The number of nitrogens with zero attached hydrogens (tertiary/aromatic N) is 4. The van der Waals surface area contributed by atoms with Crippen molar-refractivity contribution >= 4 is 23.1 Å². The molecule has 3 fully saturated rings. The number of oxazole rings is 1. The van der Waals surface area contributed by atoms with Crippen LogP contribution in [-0.4, -0.2) is 59.5 Å². The first kappa shape index (κ1) is 13.4. The van der Waals surface area contributed by atoms with Crippen LogP contribution in [0.3, 0.4) is 0 Å².